The first-order chi connectivity index (χ1) is 10.7. The summed E-state index contributed by atoms with van der Waals surface area (Å²) < 4.78 is 5.76. The predicted molar refractivity (Wildman–Crippen MR) is 82.7 cm³/mol. The molecule has 0 atom stereocenters. The molecule has 3 N–H and O–H groups in total. The zero-order valence-electron chi connectivity index (χ0n) is 11.7. The molecule has 110 valence electrons. The molecule has 0 unspecified atom stereocenters. The third kappa shape index (κ3) is 2.62. The Balaban J connectivity index is 2.04. The number of primary amides is 1. The largest absolute Gasteiger partial charge is 0.457 e. The monoisotopic (exact) mass is 294 g/mol. The van der Waals surface area contributed by atoms with E-state index in [-0.39, 0.29) is 12.3 Å². The molecule has 0 spiro atoms. The highest BCUT2D eigenvalue weighted by atomic mass is 16.5. The molecule has 0 aliphatic rings. The lowest BCUT2D eigenvalue weighted by molar-refractivity contribution is 0.0992. The van der Waals surface area contributed by atoms with Crippen LogP contribution in [0.5, 0.6) is 11.5 Å². The predicted octanol–water partition coefficient (Wildman–Crippen LogP) is 2.62. The number of carbonyl (C=O) groups is 1. The number of fused-ring (bicyclic) bond motifs is 1. The van der Waals surface area contributed by atoms with Crippen molar-refractivity contribution in [3.63, 3.8) is 0 Å². The smallest absolute Gasteiger partial charge is 0.267 e. The first-order valence-electron chi connectivity index (χ1n) is 6.74. The maximum absolute atomic E-state index is 11.4. The Bertz CT molecular complexity index is 832. The molecule has 0 bridgehead atoms. The average Bonchev–Trinajstić information content (AvgIpc) is 2.54. The Morgan fingerprint density at radius 1 is 1.14 bits per heavy atom. The molecule has 3 aromatic rings. The van der Waals surface area contributed by atoms with Crippen molar-refractivity contribution < 1.29 is 14.6 Å². The zero-order chi connectivity index (χ0) is 15.5. The van der Waals surface area contributed by atoms with Crippen molar-refractivity contribution in [3.05, 3.63) is 66.0 Å². The summed E-state index contributed by atoms with van der Waals surface area (Å²) >= 11 is 0. The van der Waals surface area contributed by atoms with E-state index in [1.54, 1.807) is 24.4 Å². The Kier molecular flexibility index (Phi) is 3.72. The van der Waals surface area contributed by atoms with Gasteiger partial charge in [-0.05, 0) is 29.7 Å². The van der Waals surface area contributed by atoms with Gasteiger partial charge in [-0.2, -0.15) is 0 Å². The first kappa shape index (κ1) is 14.0. The van der Waals surface area contributed by atoms with Crippen LogP contribution in [0.2, 0.25) is 0 Å². The van der Waals surface area contributed by atoms with Crippen LogP contribution in [0.4, 0.5) is 0 Å². The number of amides is 1. The van der Waals surface area contributed by atoms with Gasteiger partial charge in [0.25, 0.3) is 5.91 Å². The number of carbonyl (C=O) groups excluding carboxylic acids is 1. The van der Waals surface area contributed by atoms with Crippen molar-refractivity contribution in [2.75, 3.05) is 0 Å². The van der Waals surface area contributed by atoms with Crippen molar-refractivity contribution in [2.45, 2.75) is 6.61 Å². The molecule has 5 nitrogen and oxygen atoms in total. The Morgan fingerprint density at radius 2 is 1.91 bits per heavy atom. The molecule has 0 aliphatic carbocycles. The van der Waals surface area contributed by atoms with Crippen molar-refractivity contribution in [3.8, 4) is 11.5 Å². The van der Waals surface area contributed by atoms with E-state index < -0.39 is 5.91 Å². The van der Waals surface area contributed by atoms with Gasteiger partial charge in [-0.1, -0.05) is 24.3 Å². The zero-order valence-corrected chi connectivity index (χ0v) is 11.7. The molecule has 0 saturated heterocycles. The van der Waals surface area contributed by atoms with E-state index in [1.165, 1.54) is 0 Å². The number of hydrogen-bond acceptors (Lipinski definition) is 4. The third-order valence-corrected chi connectivity index (χ3v) is 3.34. The third-order valence-electron chi connectivity index (χ3n) is 3.34. The number of aliphatic hydroxyl groups excluding tert-OH is 1. The van der Waals surface area contributed by atoms with Crippen LogP contribution >= 0.6 is 0 Å². The minimum absolute atomic E-state index is 0.0896. The van der Waals surface area contributed by atoms with Crippen molar-refractivity contribution in [1.82, 2.24) is 4.98 Å². The van der Waals surface area contributed by atoms with Crippen LogP contribution in [0.3, 0.4) is 0 Å². The van der Waals surface area contributed by atoms with Gasteiger partial charge in [0, 0.05) is 17.1 Å². The molecule has 5 heteroatoms. The number of pyridine rings is 1. The standard InChI is InChI=1S/C17H14N2O3/c18-17(21)16-15(10-20)14-7-6-13(8-11(14)9-19-16)22-12-4-2-1-3-5-12/h1-9,20H,10H2,(H2,18,21). The second-order valence-corrected chi connectivity index (χ2v) is 4.77. The number of ether oxygens (including phenoxy) is 1. The van der Waals surface area contributed by atoms with E-state index in [1.807, 2.05) is 30.3 Å². The molecule has 2 aromatic carbocycles. The Hall–Kier alpha value is -2.92. The highest BCUT2D eigenvalue weighted by Gasteiger charge is 2.13. The SMILES string of the molecule is NC(=O)c1ncc2cc(Oc3ccccc3)ccc2c1CO. The normalized spacial score (nSPS) is 10.6. The highest BCUT2D eigenvalue weighted by Crippen LogP contribution is 2.28. The summed E-state index contributed by atoms with van der Waals surface area (Å²) in [5.74, 6) is 0.720. The van der Waals surface area contributed by atoms with Crippen molar-refractivity contribution in [2.24, 2.45) is 5.73 Å². The van der Waals surface area contributed by atoms with E-state index in [0.717, 1.165) is 16.5 Å². The Morgan fingerprint density at radius 3 is 2.59 bits per heavy atom. The highest BCUT2D eigenvalue weighted by molar-refractivity contribution is 5.98. The number of benzene rings is 2. The van der Waals surface area contributed by atoms with Crippen molar-refractivity contribution >= 4 is 16.7 Å². The van der Waals surface area contributed by atoms with Gasteiger partial charge in [0.1, 0.15) is 17.2 Å². The second-order valence-electron chi connectivity index (χ2n) is 4.77. The minimum Gasteiger partial charge on any atom is -0.457 e. The van der Waals surface area contributed by atoms with Crippen LogP contribution in [0.1, 0.15) is 16.1 Å². The van der Waals surface area contributed by atoms with Crippen LogP contribution in [0.25, 0.3) is 10.8 Å². The summed E-state index contributed by atoms with van der Waals surface area (Å²) in [7, 11) is 0. The molecular weight excluding hydrogens is 280 g/mol. The average molecular weight is 294 g/mol. The molecular formula is C17H14N2O3. The summed E-state index contributed by atoms with van der Waals surface area (Å²) in [6, 6.07) is 14.8. The molecule has 0 radical (unpaired) electrons. The van der Waals surface area contributed by atoms with Gasteiger partial charge < -0.3 is 15.6 Å². The van der Waals surface area contributed by atoms with Crippen LogP contribution in [-0.2, 0) is 6.61 Å². The molecule has 1 aromatic heterocycles. The maximum atomic E-state index is 11.4. The van der Waals surface area contributed by atoms with E-state index in [9.17, 15) is 9.90 Å². The number of nitrogens with two attached hydrogens (primary N) is 1. The van der Waals surface area contributed by atoms with Crippen LogP contribution in [0, 0.1) is 0 Å². The summed E-state index contributed by atoms with van der Waals surface area (Å²) in [4.78, 5) is 15.4. The number of aliphatic hydroxyl groups is 1. The molecule has 3 rings (SSSR count). The second kappa shape index (κ2) is 5.83. The minimum atomic E-state index is -0.657. The number of para-hydroxylation sites is 1. The van der Waals surface area contributed by atoms with Gasteiger partial charge in [-0.3, -0.25) is 9.78 Å². The van der Waals surface area contributed by atoms with E-state index in [4.69, 9.17) is 10.5 Å². The molecule has 0 fully saturated rings. The van der Waals surface area contributed by atoms with E-state index >= 15 is 0 Å². The fourth-order valence-corrected chi connectivity index (χ4v) is 2.32. The summed E-state index contributed by atoms with van der Waals surface area (Å²) in [5.41, 5.74) is 5.79. The van der Waals surface area contributed by atoms with Crippen LogP contribution < -0.4 is 10.5 Å². The summed E-state index contributed by atoms with van der Waals surface area (Å²) in [5, 5.41) is 11.0. The van der Waals surface area contributed by atoms with Crippen LogP contribution in [0.15, 0.2) is 54.7 Å². The number of nitrogens with zero attached hydrogens (tertiary/aromatic N) is 1. The fourth-order valence-electron chi connectivity index (χ4n) is 2.32. The fraction of sp³-hybridized carbons (Fsp3) is 0.0588. The van der Waals surface area contributed by atoms with Gasteiger partial charge in [0.15, 0.2) is 0 Å². The van der Waals surface area contributed by atoms with Gasteiger partial charge >= 0.3 is 0 Å². The molecule has 1 amide bonds. The van der Waals surface area contributed by atoms with Gasteiger partial charge in [-0.15, -0.1) is 0 Å². The van der Waals surface area contributed by atoms with Gasteiger partial charge in [-0.25, -0.2) is 0 Å². The number of aromatic nitrogens is 1. The van der Waals surface area contributed by atoms with Crippen LogP contribution in [-0.4, -0.2) is 16.0 Å². The lowest BCUT2D eigenvalue weighted by Gasteiger charge is -2.10. The lowest BCUT2D eigenvalue weighted by Crippen LogP contribution is -2.16. The summed E-state index contributed by atoms with van der Waals surface area (Å²) in [6.45, 7) is -0.304. The molecule has 22 heavy (non-hydrogen) atoms. The quantitative estimate of drug-likeness (QED) is 0.774. The lowest BCUT2D eigenvalue weighted by atomic mass is 10.0. The molecule has 1 heterocycles. The number of rotatable bonds is 4. The van der Waals surface area contributed by atoms with Crippen molar-refractivity contribution in [1.29, 1.82) is 0 Å². The molecule has 0 saturated carbocycles. The van der Waals surface area contributed by atoms with E-state index in [2.05, 4.69) is 4.98 Å². The molecule has 0 aliphatic heterocycles. The topological polar surface area (TPSA) is 85.4 Å². The maximum Gasteiger partial charge on any atom is 0.267 e. The van der Waals surface area contributed by atoms with Gasteiger partial charge in [0.05, 0.1) is 6.61 Å². The Labute approximate surface area is 127 Å². The first-order valence-corrected chi connectivity index (χ1v) is 6.74. The number of hydrogen-bond donors (Lipinski definition) is 2. The van der Waals surface area contributed by atoms with E-state index in [0.29, 0.717) is 11.3 Å². The van der Waals surface area contributed by atoms with Gasteiger partial charge in [0.2, 0.25) is 0 Å². The summed E-state index contributed by atoms with van der Waals surface area (Å²) in [6.07, 6.45) is 1.55.